The molecule has 0 bridgehead atoms. The lowest BCUT2D eigenvalue weighted by Crippen LogP contribution is -2.09. The normalized spacial score (nSPS) is 10.9. The molecule has 0 saturated carbocycles. The van der Waals surface area contributed by atoms with Crippen LogP contribution in [0.25, 0.3) is 21.7 Å². The van der Waals surface area contributed by atoms with Crippen molar-refractivity contribution in [1.29, 1.82) is 0 Å². The predicted molar refractivity (Wildman–Crippen MR) is 66.8 cm³/mol. The fourth-order valence-corrected chi connectivity index (χ4v) is 2.08. The third-order valence-electron chi connectivity index (χ3n) is 2.89. The number of pyridine rings is 2. The summed E-state index contributed by atoms with van der Waals surface area (Å²) in [6, 6.07) is 6.49. The van der Waals surface area contributed by atoms with Crippen molar-refractivity contribution >= 4 is 27.6 Å². The molecule has 5 heteroatoms. The van der Waals surface area contributed by atoms with E-state index >= 15 is 0 Å². The van der Waals surface area contributed by atoms with Crippen LogP contribution >= 0.6 is 0 Å². The van der Waals surface area contributed by atoms with E-state index in [-0.39, 0.29) is 11.1 Å². The number of para-hydroxylation sites is 1. The quantitative estimate of drug-likeness (QED) is 0.635. The third kappa shape index (κ3) is 1.37. The van der Waals surface area contributed by atoms with Crippen molar-refractivity contribution in [3.8, 4) is 0 Å². The third-order valence-corrected chi connectivity index (χ3v) is 2.89. The number of carboxylic acids is 1. The van der Waals surface area contributed by atoms with Crippen molar-refractivity contribution in [3.63, 3.8) is 0 Å². The molecule has 0 radical (unpaired) electrons. The predicted octanol–water partition coefficient (Wildman–Crippen LogP) is 1.77. The molecule has 2 N–H and O–H groups in total. The molecule has 1 aromatic carbocycles. The van der Waals surface area contributed by atoms with E-state index in [9.17, 15) is 9.59 Å². The van der Waals surface area contributed by atoms with Gasteiger partial charge >= 0.3 is 5.97 Å². The summed E-state index contributed by atoms with van der Waals surface area (Å²) in [6.45, 7) is 0. The molecule has 18 heavy (non-hydrogen) atoms. The standard InChI is InChI=1S/C13H8N2O3/c16-12-8-4-5-14-6-10(8)7-2-1-3-9(13(17)18)11(7)15-12/h1-6H,(H,15,16)(H,17,18). The molecule has 3 aromatic rings. The second-order valence-corrected chi connectivity index (χ2v) is 3.91. The van der Waals surface area contributed by atoms with Gasteiger partial charge in [0.15, 0.2) is 0 Å². The number of aromatic amines is 1. The SMILES string of the molecule is O=C(O)c1cccc2c1[nH]c(=O)c1ccncc12. The molecule has 0 saturated heterocycles. The minimum Gasteiger partial charge on any atom is -0.478 e. The monoisotopic (exact) mass is 240 g/mol. The summed E-state index contributed by atoms with van der Waals surface area (Å²) in [7, 11) is 0. The Morgan fingerprint density at radius 2 is 2.00 bits per heavy atom. The number of rotatable bonds is 1. The zero-order valence-corrected chi connectivity index (χ0v) is 9.18. The van der Waals surface area contributed by atoms with Crippen LogP contribution in [0.5, 0.6) is 0 Å². The number of aromatic nitrogens is 2. The Kier molecular flexibility index (Phi) is 2.13. The number of H-pyrrole nitrogens is 1. The van der Waals surface area contributed by atoms with E-state index in [2.05, 4.69) is 9.97 Å². The average Bonchev–Trinajstić information content (AvgIpc) is 2.38. The van der Waals surface area contributed by atoms with Crippen molar-refractivity contribution in [3.05, 3.63) is 52.6 Å². The highest BCUT2D eigenvalue weighted by Crippen LogP contribution is 2.22. The molecule has 0 unspecified atom stereocenters. The molecule has 0 amide bonds. The number of benzene rings is 1. The van der Waals surface area contributed by atoms with E-state index in [1.54, 1.807) is 24.4 Å². The van der Waals surface area contributed by atoms with E-state index < -0.39 is 5.97 Å². The molecule has 0 aliphatic rings. The van der Waals surface area contributed by atoms with Crippen LogP contribution in [0.15, 0.2) is 41.5 Å². The number of hydrogen-bond donors (Lipinski definition) is 2. The number of hydrogen-bond acceptors (Lipinski definition) is 3. The molecule has 0 spiro atoms. The van der Waals surface area contributed by atoms with Crippen molar-refractivity contribution in [2.24, 2.45) is 0 Å². The molecule has 0 atom stereocenters. The summed E-state index contributed by atoms with van der Waals surface area (Å²) in [5.41, 5.74) is 0.0967. The van der Waals surface area contributed by atoms with Gasteiger partial charge in [-0.15, -0.1) is 0 Å². The van der Waals surface area contributed by atoms with Crippen LogP contribution in [0.1, 0.15) is 10.4 Å². The molecule has 5 nitrogen and oxygen atoms in total. The highest BCUT2D eigenvalue weighted by Gasteiger charge is 2.12. The summed E-state index contributed by atoms with van der Waals surface area (Å²) in [4.78, 5) is 29.6. The molecular formula is C13H8N2O3. The van der Waals surface area contributed by atoms with Crippen molar-refractivity contribution in [2.75, 3.05) is 0 Å². The van der Waals surface area contributed by atoms with Crippen LogP contribution in [0.4, 0.5) is 0 Å². The summed E-state index contributed by atoms with van der Waals surface area (Å²) in [5.74, 6) is -1.07. The molecule has 0 fully saturated rings. The van der Waals surface area contributed by atoms with Crippen molar-refractivity contribution in [2.45, 2.75) is 0 Å². The van der Waals surface area contributed by atoms with Crippen LogP contribution in [0, 0.1) is 0 Å². The second kappa shape index (κ2) is 3.66. The van der Waals surface area contributed by atoms with Gasteiger partial charge in [0.25, 0.3) is 5.56 Å². The fourth-order valence-electron chi connectivity index (χ4n) is 2.08. The lowest BCUT2D eigenvalue weighted by atomic mass is 10.1. The van der Waals surface area contributed by atoms with E-state index in [4.69, 9.17) is 5.11 Å². The average molecular weight is 240 g/mol. The van der Waals surface area contributed by atoms with Gasteiger partial charge in [0.05, 0.1) is 16.5 Å². The number of aromatic carboxylic acids is 1. The molecule has 2 heterocycles. The van der Waals surface area contributed by atoms with Gasteiger partial charge < -0.3 is 10.1 Å². The van der Waals surface area contributed by atoms with Gasteiger partial charge in [0.2, 0.25) is 0 Å². The maximum Gasteiger partial charge on any atom is 0.337 e. The first-order valence-electron chi connectivity index (χ1n) is 5.30. The minimum atomic E-state index is -1.07. The first-order chi connectivity index (χ1) is 8.68. The Morgan fingerprint density at radius 1 is 1.17 bits per heavy atom. The van der Waals surface area contributed by atoms with Gasteiger partial charge in [-0.3, -0.25) is 9.78 Å². The highest BCUT2D eigenvalue weighted by molar-refractivity contribution is 6.11. The van der Waals surface area contributed by atoms with Gasteiger partial charge in [-0.1, -0.05) is 12.1 Å². The molecular weight excluding hydrogens is 232 g/mol. The Morgan fingerprint density at radius 3 is 2.78 bits per heavy atom. The second-order valence-electron chi connectivity index (χ2n) is 3.91. The van der Waals surface area contributed by atoms with E-state index in [1.807, 2.05) is 0 Å². The van der Waals surface area contributed by atoms with Crippen LogP contribution in [0.3, 0.4) is 0 Å². The first kappa shape index (κ1) is 10.5. The van der Waals surface area contributed by atoms with Crippen LogP contribution in [-0.2, 0) is 0 Å². The largest absolute Gasteiger partial charge is 0.478 e. The zero-order chi connectivity index (χ0) is 12.7. The van der Waals surface area contributed by atoms with Gasteiger partial charge in [0.1, 0.15) is 0 Å². The van der Waals surface area contributed by atoms with Gasteiger partial charge in [-0.05, 0) is 12.1 Å². The number of fused-ring (bicyclic) bond motifs is 3. The fraction of sp³-hybridized carbons (Fsp3) is 0. The molecule has 3 rings (SSSR count). The Balaban J connectivity index is 2.62. The summed E-state index contributed by atoms with van der Waals surface area (Å²) in [6.07, 6.45) is 3.10. The number of carboxylic acid groups (broad SMARTS) is 1. The summed E-state index contributed by atoms with van der Waals surface area (Å²) < 4.78 is 0. The van der Waals surface area contributed by atoms with E-state index in [0.29, 0.717) is 21.7 Å². The van der Waals surface area contributed by atoms with Crippen LogP contribution in [0.2, 0.25) is 0 Å². The van der Waals surface area contributed by atoms with Gasteiger partial charge in [-0.25, -0.2) is 4.79 Å². The Hall–Kier alpha value is -2.69. The number of carbonyl (C=O) groups is 1. The molecule has 88 valence electrons. The lowest BCUT2D eigenvalue weighted by molar-refractivity contribution is 0.0699. The van der Waals surface area contributed by atoms with Gasteiger partial charge in [0, 0.05) is 23.2 Å². The molecule has 2 aromatic heterocycles. The van der Waals surface area contributed by atoms with Gasteiger partial charge in [-0.2, -0.15) is 0 Å². The topological polar surface area (TPSA) is 83.0 Å². The first-order valence-corrected chi connectivity index (χ1v) is 5.30. The smallest absolute Gasteiger partial charge is 0.337 e. The molecule has 0 aliphatic carbocycles. The molecule has 0 aliphatic heterocycles. The van der Waals surface area contributed by atoms with Crippen LogP contribution < -0.4 is 5.56 Å². The van der Waals surface area contributed by atoms with Crippen molar-refractivity contribution in [1.82, 2.24) is 9.97 Å². The highest BCUT2D eigenvalue weighted by atomic mass is 16.4. The lowest BCUT2D eigenvalue weighted by Gasteiger charge is -2.05. The zero-order valence-electron chi connectivity index (χ0n) is 9.18. The summed E-state index contributed by atoms with van der Waals surface area (Å²) in [5, 5.41) is 10.9. The van der Waals surface area contributed by atoms with E-state index in [0.717, 1.165) is 0 Å². The van der Waals surface area contributed by atoms with Crippen LogP contribution in [-0.4, -0.2) is 21.0 Å². The minimum absolute atomic E-state index is 0.0790. The summed E-state index contributed by atoms with van der Waals surface area (Å²) >= 11 is 0. The number of nitrogens with one attached hydrogen (secondary N) is 1. The number of nitrogens with zero attached hydrogens (tertiary/aromatic N) is 1. The maximum absolute atomic E-state index is 11.9. The Bertz CT molecular complexity index is 836. The van der Waals surface area contributed by atoms with Crippen molar-refractivity contribution < 1.29 is 9.90 Å². The maximum atomic E-state index is 11.9. The van der Waals surface area contributed by atoms with E-state index in [1.165, 1.54) is 12.3 Å². The Labute approximate surface area is 101 Å².